The van der Waals surface area contributed by atoms with Crippen molar-refractivity contribution in [3.05, 3.63) is 64.3 Å². The molecule has 1 atom stereocenters. The van der Waals surface area contributed by atoms with Crippen LogP contribution in [0.5, 0.6) is 0 Å². The van der Waals surface area contributed by atoms with Crippen LogP contribution in [0.2, 0.25) is 0 Å². The number of H-pyrrole nitrogens is 1. The van der Waals surface area contributed by atoms with Gasteiger partial charge in [-0.05, 0) is 24.6 Å². The summed E-state index contributed by atoms with van der Waals surface area (Å²) < 4.78 is 3.06. The Morgan fingerprint density at radius 2 is 2.04 bits per heavy atom. The Labute approximate surface area is 131 Å². The zero-order chi connectivity index (χ0) is 16.4. The van der Waals surface area contributed by atoms with Crippen LogP contribution in [0.3, 0.4) is 0 Å². The molecule has 0 spiro atoms. The van der Waals surface area contributed by atoms with Crippen molar-refractivity contribution in [2.75, 3.05) is 0 Å². The van der Waals surface area contributed by atoms with E-state index in [1.807, 2.05) is 31.2 Å². The van der Waals surface area contributed by atoms with Crippen molar-refractivity contribution in [1.82, 2.24) is 30.1 Å². The van der Waals surface area contributed by atoms with E-state index >= 15 is 0 Å². The Morgan fingerprint density at radius 1 is 1.30 bits per heavy atom. The second kappa shape index (κ2) is 5.91. The fourth-order valence-electron chi connectivity index (χ4n) is 2.31. The Hall–Kier alpha value is -3.16. The maximum absolute atomic E-state index is 12.2. The number of nitrogens with one attached hydrogen (secondary N) is 2. The second-order valence-corrected chi connectivity index (χ2v) is 5.20. The Morgan fingerprint density at radius 3 is 2.61 bits per heavy atom. The summed E-state index contributed by atoms with van der Waals surface area (Å²) in [6.45, 7) is 1.88. The average Bonchev–Trinajstić information content (AvgIpc) is 3.17. The predicted molar refractivity (Wildman–Crippen MR) is 83.3 cm³/mol. The van der Waals surface area contributed by atoms with E-state index in [1.165, 1.54) is 10.7 Å². The van der Waals surface area contributed by atoms with E-state index < -0.39 is 0 Å². The predicted octanol–water partition coefficient (Wildman–Crippen LogP) is 0.785. The van der Waals surface area contributed by atoms with Crippen molar-refractivity contribution in [2.45, 2.75) is 13.0 Å². The van der Waals surface area contributed by atoms with Crippen molar-refractivity contribution >= 4 is 5.91 Å². The van der Waals surface area contributed by atoms with Gasteiger partial charge >= 0.3 is 0 Å². The molecule has 1 unspecified atom stereocenters. The minimum absolute atomic E-state index is 0.197. The first kappa shape index (κ1) is 14.8. The zero-order valence-corrected chi connectivity index (χ0v) is 12.7. The lowest BCUT2D eigenvalue weighted by molar-refractivity contribution is 0.0930. The SMILES string of the molecule is CC(NC(=O)c1cc(=O)[nH]n1C)c1ccc(-n2ccnn2)cc1. The molecule has 0 saturated carbocycles. The smallest absolute Gasteiger partial charge is 0.270 e. The van der Waals surface area contributed by atoms with Crippen molar-refractivity contribution in [2.24, 2.45) is 7.05 Å². The van der Waals surface area contributed by atoms with Crippen molar-refractivity contribution in [3.63, 3.8) is 0 Å². The zero-order valence-electron chi connectivity index (χ0n) is 12.7. The molecule has 0 bridgehead atoms. The molecule has 0 radical (unpaired) electrons. The van der Waals surface area contributed by atoms with Crippen LogP contribution in [0, 0.1) is 0 Å². The number of rotatable bonds is 4. The quantitative estimate of drug-likeness (QED) is 0.744. The number of nitrogens with zero attached hydrogens (tertiary/aromatic N) is 4. The summed E-state index contributed by atoms with van der Waals surface area (Å²) in [6.07, 6.45) is 3.37. The monoisotopic (exact) mass is 312 g/mol. The molecule has 8 nitrogen and oxygen atoms in total. The number of benzene rings is 1. The van der Waals surface area contributed by atoms with Gasteiger partial charge in [0, 0.05) is 13.1 Å². The van der Waals surface area contributed by atoms with Gasteiger partial charge in [0.25, 0.3) is 11.5 Å². The number of aryl methyl sites for hydroxylation is 1. The first-order valence-electron chi connectivity index (χ1n) is 7.08. The van der Waals surface area contributed by atoms with E-state index in [0.717, 1.165) is 11.3 Å². The van der Waals surface area contributed by atoms with Crippen LogP contribution in [0.15, 0.2) is 47.5 Å². The van der Waals surface area contributed by atoms with Crippen molar-refractivity contribution < 1.29 is 4.79 Å². The molecule has 0 saturated heterocycles. The molecule has 23 heavy (non-hydrogen) atoms. The van der Waals surface area contributed by atoms with Gasteiger partial charge in [0.2, 0.25) is 0 Å². The van der Waals surface area contributed by atoms with Crippen LogP contribution < -0.4 is 10.9 Å². The molecular weight excluding hydrogens is 296 g/mol. The van der Waals surface area contributed by atoms with E-state index in [-0.39, 0.29) is 17.5 Å². The van der Waals surface area contributed by atoms with Crippen molar-refractivity contribution in [1.29, 1.82) is 0 Å². The van der Waals surface area contributed by atoms with Gasteiger partial charge in [0.05, 0.1) is 24.1 Å². The molecule has 3 aromatic rings. The Kier molecular flexibility index (Phi) is 3.80. The average molecular weight is 312 g/mol. The van der Waals surface area contributed by atoms with Crippen LogP contribution in [-0.2, 0) is 7.05 Å². The molecule has 0 aliphatic carbocycles. The van der Waals surface area contributed by atoms with E-state index in [4.69, 9.17) is 0 Å². The normalized spacial score (nSPS) is 12.1. The van der Waals surface area contributed by atoms with Gasteiger partial charge in [0.1, 0.15) is 5.69 Å². The molecule has 0 aliphatic heterocycles. The number of aromatic amines is 1. The topological polar surface area (TPSA) is 97.6 Å². The highest BCUT2D eigenvalue weighted by Crippen LogP contribution is 2.15. The number of carbonyl (C=O) groups excluding carboxylic acids is 1. The van der Waals surface area contributed by atoms with Crippen molar-refractivity contribution in [3.8, 4) is 5.69 Å². The summed E-state index contributed by atoms with van der Waals surface area (Å²) in [5.74, 6) is -0.307. The fraction of sp³-hybridized carbons (Fsp3) is 0.200. The van der Waals surface area contributed by atoms with Crippen LogP contribution >= 0.6 is 0 Å². The lowest BCUT2D eigenvalue weighted by atomic mass is 10.1. The summed E-state index contributed by atoms with van der Waals surface area (Å²) in [4.78, 5) is 23.5. The van der Waals surface area contributed by atoms with Gasteiger partial charge < -0.3 is 5.32 Å². The highest BCUT2D eigenvalue weighted by molar-refractivity contribution is 5.92. The van der Waals surface area contributed by atoms with Crippen LogP contribution in [0.4, 0.5) is 0 Å². The number of hydrogen-bond donors (Lipinski definition) is 2. The van der Waals surface area contributed by atoms with Gasteiger partial charge in [-0.2, -0.15) is 0 Å². The molecule has 1 aromatic carbocycles. The van der Waals surface area contributed by atoms with E-state index in [2.05, 4.69) is 20.7 Å². The molecule has 2 aromatic heterocycles. The van der Waals surface area contributed by atoms with Crippen LogP contribution in [-0.4, -0.2) is 30.7 Å². The maximum Gasteiger partial charge on any atom is 0.270 e. The first-order valence-corrected chi connectivity index (χ1v) is 7.08. The third kappa shape index (κ3) is 3.05. The third-order valence-electron chi connectivity index (χ3n) is 3.57. The standard InChI is InChI=1S/C15H16N6O2/c1-10(17-15(23)13-9-14(22)18-20(13)2)11-3-5-12(6-4-11)21-8-7-16-19-21/h3-10H,1-2H3,(H,17,23)(H,18,22). The van der Waals surface area contributed by atoms with Gasteiger partial charge in [-0.3, -0.25) is 19.4 Å². The lowest BCUT2D eigenvalue weighted by Crippen LogP contribution is -2.28. The van der Waals surface area contributed by atoms with Gasteiger partial charge in [-0.1, -0.05) is 17.3 Å². The van der Waals surface area contributed by atoms with Gasteiger partial charge in [-0.15, -0.1) is 5.10 Å². The van der Waals surface area contributed by atoms with E-state index in [0.29, 0.717) is 5.69 Å². The first-order chi connectivity index (χ1) is 11.0. The molecule has 2 N–H and O–H groups in total. The second-order valence-electron chi connectivity index (χ2n) is 5.20. The summed E-state index contributed by atoms with van der Waals surface area (Å²) in [6, 6.07) is 8.71. The maximum atomic E-state index is 12.2. The molecule has 118 valence electrons. The number of amides is 1. The lowest BCUT2D eigenvalue weighted by Gasteiger charge is -2.15. The highest BCUT2D eigenvalue weighted by Gasteiger charge is 2.15. The highest BCUT2D eigenvalue weighted by atomic mass is 16.2. The number of carbonyl (C=O) groups is 1. The summed E-state index contributed by atoms with van der Waals surface area (Å²) in [7, 11) is 1.62. The number of hydrogen-bond acceptors (Lipinski definition) is 4. The van der Waals surface area contributed by atoms with E-state index in [1.54, 1.807) is 24.1 Å². The molecule has 0 aliphatic rings. The fourth-order valence-corrected chi connectivity index (χ4v) is 2.31. The molecular formula is C15H16N6O2. The summed E-state index contributed by atoms with van der Waals surface area (Å²) >= 11 is 0. The molecule has 8 heteroatoms. The van der Waals surface area contributed by atoms with Gasteiger partial charge in [0.15, 0.2) is 0 Å². The van der Waals surface area contributed by atoms with E-state index in [9.17, 15) is 9.59 Å². The molecule has 1 amide bonds. The van der Waals surface area contributed by atoms with Crippen LogP contribution in [0.25, 0.3) is 5.69 Å². The summed E-state index contributed by atoms with van der Waals surface area (Å²) in [5, 5.41) is 13.1. The largest absolute Gasteiger partial charge is 0.344 e. The minimum Gasteiger partial charge on any atom is -0.344 e. The Balaban J connectivity index is 1.73. The Bertz CT molecular complexity index is 860. The van der Waals surface area contributed by atoms with Crippen LogP contribution in [0.1, 0.15) is 29.0 Å². The molecule has 0 fully saturated rings. The third-order valence-corrected chi connectivity index (χ3v) is 3.57. The molecule has 3 rings (SSSR count). The van der Waals surface area contributed by atoms with Gasteiger partial charge in [-0.25, -0.2) is 4.68 Å². The number of aromatic nitrogens is 5. The minimum atomic E-state index is -0.307. The molecule has 2 heterocycles. The summed E-state index contributed by atoms with van der Waals surface area (Å²) in [5.41, 5.74) is 1.82.